The Morgan fingerprint density at radius 1 is 0.917 bits per heavy atom. The van der Waals surface area contributed by atoms with Gasteiger partial charge in [0, 0.05) is 11.1 Å². The summed E-state index contributed by atoms with van der Waals surface area (Å²) in [6.45, 7) is 0. The van der Waals surface area contributed by atoms with Crippen LogP contribution in [0.2, 0.25) is 0 Å². The van der Waals surface area contributed by atoms with Crippen molar-refractivity contribution in [2.45, 2.75) is 0 Å². The van der Waals surface area contributed by atoms with Gasteiger partial charge >= 0.3 is 7.69 Å². The van der Waals surface area contributed by atoms with Gasteiger partial charge in [0.1, 0.15) is 0 Å². The number of halogens is 3. The quantitative estimate of drug-likeness (QED) is 0.448. The molecule has 2 aliphatic rings. The van der Waals surface area contributed by atoms with Gasteiger partial charge in [0.15, 0.2) is 17.5 Å². The maximum Gasteiger partial charge on any atom is 0.432 e. The van der Waals surface area contributed by atoms with E-state index in [9.17, 15) is 13.2 Å². The molecular formula is C6H4BF3O2. The van der Waals surface area contributed by atoms with E-state index in [2.05, 4.69) is 0 Å². The largest absolute Gasteiger partial charge is 0.432 e. The number of fused-ring (bicyclic) bond motifs is 1. The molecular weight excluding hydrogens is 172 g/mol. The van der Waals surface area contributed by atoms with Gasteiger partial charge in [0.25, 0.3) is 0 Å². The van der Waals surface area contributed by atoms with Gasteiger partial charge in [-0.3, -0.25) is 0 Å². The summed E-state index contributed by atoms with van der Waals surface area (Å²) in [4.78, 5) is 0. The lowest BCUT2D eigenvalue weighted by Crippen LogP contribution is -1.76. The average molecular weight is 176 g/mol. The van der Waals surface area contributed by atoms with Gasteiger partial charge in [0.2, 0.25) is 0 Å². The monoisotopic (exact) mass is 176 g/mol. The molecule has 0 aromatic rings. The van der Waals surface area contributed by atoms with E-state index in [1.165, 1.54) is 6.07 Å². The van der Waals surface area contributed by atoms with Crippen LogP contribution >= 0.6 is 0 Å². The summed E-state index contributed by atoms with van der Waals surface area (Å²) >= 11 is 0. The molecule has 0 aromatic carbocycles. The lowest BCUT2D eigenvalue weighted by molar-refractivity contribution is 0.448. The van der Waals surface area contributed by atoms with Crippen LogP contribution in [-0.2, 0) is 0 Å². The van der Waals surface area contributed by atoms with Crippen molar-refractivity contribution < 1.29 is 23.2 Å². The molecule has 0 fully saturated rings. The van der Waals surface area contributed by atoms with Crippen LogP contribution in [0.1, 0.15) is 0 Å². The van der Waals surface area contributed by atoms with Crippen LogP contribution in [0.4, 0.5) is 13.2 Å². The Morgan fingerprint density at radius 3 is 1.42 bits per heavy atom. The van der Waals surface area contributed by atoms with Gasteiger partial charge in [-0.25, -0.2) is 13.2 Å². The summed E-state index contributed by atoms with van der Waals surface area (Å²) in [7, 11) is -0.750. The first-order valence-electron chi connectivity index (χ1n) is 3.03. The molecule has 6 heteroatoms. The van der Waals surface area contributed by atoms with E-state index in [-0.39, 0.29) is 11.1 Å². The molecule has 0 unspecified atom stereocenters. The van der Waals surface area contributed by atoms with Gasteiger partial charge in [-0.15, -0.1) is 0 Å². The smallest absolute Gasteiger partial charge is 0.430 e. The topological polar surface area (TPSA) is 40.5 Å². The minimum atomic E-state index is -1.34. The molecule has 0 aromatic heterocycles. The molecule has 0 atom stereocenters. The highest BCUT2D eigenvalue weighted by Gasteiger charge is 2.30. The zero-order valence-electron chi connectivity index (χ0n) is 5.81. The third-order valence-corrected chi connectivity index (χ3v) is 1.35. The molecule has 0 heterocycles. The molecule has 2 aliphatic carbocycles. The van der Waals surface area contributed by atoms with Gasteiger partial charge < -0.3 is 10.0 Å². The molecule has 0 radical (unpaired) electrons. The second-order valence-electron chi connectivity index (χ2n) is 2.06. The van der Waals surface area contributed by atoms with Crippen LogP contribution in [0.3, 0.4) is 0 Å². The van der Waals surface area contributed by atoms with Gasteiger partial charge in [-0.1, -0.05) is 0 Å². The van der Waals surface area contributed by atoms with Crippen molar-refractivity contribution in [3.63, 3.8) is 0 Å². The fraction of sp³-hybridized carbons (Fsp3) is 0. The Balaban J connectivity index is 0.000000213. The Kier molecular flexibility index (Phi) is 2.39. The summed E-state index contributed by atoms with van der Waals surface area (Å²) in [5.41, 5.74) is 0.176. The van der Waals surface area contributed by atoms with Crippen LogP contribution in [0.25, 0.3) is 11.1 Å². The van der Waals surface area contributed by atoms with Crippen LogP contribution < -0.4 is 0 Å². The van der Waals surface area contributed by atoms with Crippen LogP contribution in [-0.4, -0.2) is 17.7 Å². The minimum Gasteiger partial charge on any atom is -0.430 e. The molecule has 2 N–H and O–H groups in total. The molecule has 64 valence electrons. The molecule has 0 amide bonds. The van der Waals surface area contributed by atoms with Crippen LogP contribution in [0.15, 0.2) is 6.07 Å². The van der Waals surface area contributed by atoms with E-state index >= 15 is 0 Å². The zero-order chi connectivity index (χ0) is 9.30. The number of hydrogen-bond acceptors (Lipinski definition) is 2. The van der Waals surface area contributed by atoms with E-state index in [0.717, 1.165) is 0 Å². The predicted molar refractivity (Wildman–Crippen MR) is 36.9 cm³/mol. The van der Waals surface area contributed by atoms with E-state index in [1.54, 1.807) is 0 Å². The van der Waals surface area contributed by atoms with E-state index < -0.39 is 25.1 Å². The lowest BCUT2D eigenvalue weighted by Gasteiger charge is -1.78. The fourth-order valence-electron chi connectivity index (χ4n) is 0.804. The molecule has 0 bridgehead atoms. The van der Waals surface area contributed by atoms with Crippen LogP contribution in [0.5, 0.6) is 0 Å². The van der Waals surface area contributed by atoms with Gasteiger partial charge in [0.05, 0.1) is 0 Å². The Bertz CT molecular complexity index is 290. The first kappa shape index (κ1) is 9.09. The zero-order valence-corrected chi connectivity index (χ0v) is 5.81. The molecule has 0 saturated heterocycles. The second kappa shape index (κ2) is 3.16. The van der Waals surface area contributed by atoms with Crippen molar-refractivity contribution in [1.82, 2.24) is 0 Å². The first-order chi connectivity index (χ1) is 5.63. The highest BCUT2D eigenvalue weighted by atomic mass is 19.2. The van der Waals surface area contributed by atoms with E-state index in [1.807, 2.05) is 0 Å². The fourth-order valence-corrected chi connectivity index (χ4v) is 0.804. The third kappa shape index (κ3) is 1.30. The summed E-state index contributed by atoms with van der Waals surface area (Å²) < 4.78 is 36.3. The SMILES string of the molecule is Fc1c2cc-2c(F)c1F.OBO. The molecule has 0 aliphatic heterocycles. The van der Waals surface area contributed by atoms with Crippen molar-refractivity contribution in [3.05, 3.63) is 23.5 Å². The second-order valence-corrected chi connectivity index (χ2v) is 2.06. The standard InChI is InChI=1S/C6HF3.BH3O2/c7-4-2-1-3(2)5(8)6(4)9;2-1-3/h1H;1-3H. The minimum absolute atomic E-state index is 0.0880. The predicted octanol–water partition coefficient (Wildman–Crippen LogP) is 0.322. The Labute approximate surface area is 66.6 Å². The number of hydrogen-bond donors (Lipinski definition) is 2. The molecule has 2 rings (SSSR count). The highest BCUT2D eigenvalue weighted by Crippen LogP contribution is 2.42. The normalized spacial score (nSPS) is 10.1. The molecule has 12 heavy (non-hydrogen) atoms. The van der Waals surface area contributed by atoms with Crippen molar-refractivity contribution in [2.24, 2.45) is 0 Å². The maximum atomic E-state index is 12.2. The van der Waals surface area contributed by atoms with Crippen molar-refractivity contribution in [3.8, 4) is 11.1 Å². The number of rotatable bonds is 0. The third-order valence-electron chi connectivity index (χ3n) is 1.35. The van der Waals surface area contributed by atoms with Gasteiger partial charge in [-0.05, 0) is 6.07 Å². The van der Waals surface area contributed by atoms with Crippen molar-refractivity contribution >= 4 is 7.69 Å². The van der Waals surface area contributed by atoms with E-state index in [0.29, 0.717) is 0 Å². The summed E-state index contributed by atoms with van der Waals surface area (Å²) in [5, 5.41) is 14.2. The number of benzene rings is 1. The van der Waals surface area contributed by atoms with Crippen molar-refractivity contribution in [2.75, 3.05) is 0 Å². The maximum absolute atomic E-state index is 12.2. The molecule has 0 spiro atoms. The summed E-state index contributed by atoms with van der Waals surface area (Å²) in [6, 6.07) is 1.27. The van der Waals surface area contributed by atoms with Crippen LogP contribution in [0, 0.1) is 17.5 Å². The highest BCUT2D eigenvalue weighted by molar-refractivity contribution is 6.13. The Hall–Kier alpha value is -1.01. The lowest BCUT2D eigenvalue weighted by atomic mass is 10.5. The first-order valence-corrected chi connectivity index (χ1v) is 3.03. The van der Waals surface area contributed by atoms with Gasteiger partial charge in [-0.2, -0.15) is 0 Å². The summed E-state index contributed by atoms with van der Waals surface area (Å²) in [6.07, 6.45) is 0. The van der Waals surface area contributed by atoms with E-state index in [4.69, 9.17) is 10.0 Å². The summed E-state index contributed by atoms with van der Waals surface area (Å²) in [5.74, 6) is -3.45. The van der Waals surface area contributed by atoms with Crippen molar-refractivity contribution in [1.29, 1.82) is 0 Å². The molecule has 0 saturated carbocycles. The Morgan fingerprint density at radius 2 is 1.25 bits per heavy atom. The molecule has 2 nitrogen and oxygen atoms in total. The average Bonchev–Trinajstić information content (AvgIpc) is 2.76.